The Hall–Kier alpha value is -3.45. The summed E-state index contributed by atoms with van der Waals surface area (Å²) in [6.45, 7) is 9.32. The van der Waals surface area contributed by atoms with E-state index in [1.807, 2.05) is 36.4 Å². The van der Waals surface area contributed by atoms with Crippen molar-refractivity contribution in [2.75, 3.05) is 31.6 Å². The first-order chi connectivity index (χ1) is 15.1. The summed E-state index contributed by atoms with van der Waals surface area (Å²) in [5.74, 6) is 1.52. The number of likely N-dealkylation sites (N-methyl/N-ethyl adjacent to an activating group) is 1. The summed E-state index contributed by atoms with van der Waals surface area (Å²) in [5, 5.41) is 3.19. The van der Waals surface area contributed by atoms with Gasteiger partial charge in [0.05, 0.1) is 0 Å². The minimum absolute atomic E-state index is 0.342. The van der Waals surface area contributed by atoms with Gasteiger partial charge in [0.1, 0.15) is 18.1 Å². The molecule has 7 nitrogen and oxygen atoms in total. The Morgan fingerprint density at radius 3 is 2.10 bits per heavy atom. The number of carbonyl (C=O) groups is 1. The van der Waals surface area contributed by atoms with Crippen LogP contribution in [-0.2, 0) is 4.79 Å². The van der Waals surface area contributed by atoms with Gasteiger partial charge in [0.2, 0.25) is 5.95 Å². The highest BCUT2D eigenvalue weighted by atomic mass is 16.5. The van der Waals surface area contributed by atoms with Gasteiger partial charge >= 0.3 is 5.97 Å². The van der Waals surface area contributed by atoms with Gasteiger partial charge in [0.15, 0.2) is 0 Å². The molecule has 3 aromatic rings. The van der Waals surface area contributed by atoms with Crippen LogP contribution in [0.25, 0.3) is 11.1 Å². The van der Waals surface area contributed by atoms with Gasteiger partial charge in [-0.15, -0.1) is 0 Å². The number of anilines is 2. The van der Waals surface area contributed by atoms with E-state index in [1.165, 1.54) is 6.92 Å². The Morgan fingerprint density at radius 1 is 0.903 bits per heavy atom. The van der Waals surface area contributed by atoms with E-state index in [0.717, 1.165) is 42.2 Å². The number of benzene rings is 2. The SMILES string of the molecule is CCN(CC)CCOc1ccc(Nc2ncc(-c3ccc(OC(C)=O)cc3)cn2)cc1. The van der Waals surface area contributed by atoms with Gasteiger partial charge in [-0.2, -0.15) is 0 Å². The smallest absolute Gasteiger partial charge is 0.308 e. The van der Waals surface area contributed by atoms with Gasteiger partial charge in [0, 0.05) is 37.1 Å². The molecule has 0 fully saturated rings. The van der Waals surface area contributed by atoms with Crippen LogP contribution in [0.1, 0.15) is 20.8 Å². The largest absolute Gasteiger partial charge is 0.492 e. The lowest BCUT2D eigenvalue weighted by atomic mass is 10.1. The standard InChI is InChI=1S/C24H28N4O3/c1-4-28(5-2)14-15-30-22-12-8-21(9-13-22)27-24-25-16-20(17-26-24)19-6-10-23(11-7-19)31-18(3)29/h6-13,16-17H,4-5,14-15H2,1-3H3,(H,25,26,27). The van der Waals surface area contributed by atoms with E-state index in [1.54, 1.807) is 24.5 Å². The van der Waals surface area contributed by atoms with Gasteiger partial charge < -0.3 is 19.7 Å². The molecule has 162 valence electrons. The zero-order valence-electron chi connectivity index (χ0n) is 18.2. The molecule has 0 aliphatic rings. The molecule has 2 aromatic carbocycles. The Morgan fingerprint density at radius 2 is 1.52 bits per heavy atom. The number of nitrogens with one attached hydrogen (secondary N) is 1. The predicted octanol–water partition coefficient (Wildman–Crippen LogP) is 4.53. The summed E-state index contributed by atoms with van der Waals surface area (Å²) >= 11 is 0. The van der Waals surface area contributed by atoms with Crippen molar-refractivity contribution >= 4 is 17.6 Å². The maximum absolute atomic E-state index is 11.0. The van der Waals surface area contributed by atoms with Gasteiger partial charge in [-0.1, -0.05) is 26.0 Å². The third-order valence-corrected chi connectivity index (χ3v) is 4.78. The normalized spacial score (nSPS) is 10.7. The zero-order valence-corrected chi connectivity index (χ0v) is 18.2. The number of esters is 1. The Kier molecular flexibility index (Phi) is 7.95. The number of ether oxygens (including phenoxy) is 2. The van der Waals surface area contributed by atoms with Crippen LogP contribution >= 0.6 is 0 Å². The van der Waals surface area contributed by atoms with Crippen LogP contribution in [0.5, 0.6) is 11.5 Å². The number of hydrogen-bond donors (Lipinski definition) is 1. The van der Waals surface area contributed by atoms with Gasteiger partial charge in [-0.25, -0.2) is 9.97 Å². The average Bonchev–Trinajstić information content (AvgIpc) is 2.79. The minimum Gasteiger partial charge on any atom is -0.492 e. The van der Waals surface area contributed by atoms with Crippen LogP contribution in [0.4, 0.5) is 11.6 Å². The lowest BCUT2D eigenvalue weighted by molar-refractivity contribution is -0.131. The van der Waals surface area contributed by atoms with E-state index >= 15 is 0 Å². The number of rotatable bonds is 10. The molecule has 1 aromatic heterocycles. The van der Waals surface area contributed by atoms with Crippen molar-refractivity contribution in [3.05, 3.63) is 60.9 Å². The monoisotopic (exact) mass is 420 g/mol. The highest BCUT2D eigenvalue weighted by molar-refractivity contribution is 5.70. The van der Waals surface area contributed by atoms with Crippen LogP contribution in [0, 0.1) is 0 Å². The predicted molar refractivity (Wildman–Crippen MR) is 122 cm³/mol. The number of carbonyl (C=O) groups excluding carboxylic acids is 1. The summed E-state index contributed by atoms with van der Waals surface area (Å²) in [6, 6.07) is 15.0. The minimum atomic E-state index is -0.342. The van der Waals surface area contributed by atoms with Gasteiger partial charge in [-0.05, 0) is 55.1 Å². The van der Waals surface area contributed by atoms with Crippen LogP contribution in [-0.4, -0.2) is 47.1 Å². The molecular weight excluding hydrogens is 392 g/mol. The molecule has 0 aliphatic heterocycles. The van der Waals surface area contributed by atoms with E-state index < -0.39 is 0 Å². The van der Waals surface area contributed by atoms with Crippen molar-refractivity contribution in [1.29, 1.82) is 0 Å². The molecule has 3 rings (SSSR count). The summed E-state index contributed by atoms with van der Waals surface area (Å²) in [6.07, 6.45) is 3.50. The lowest BCUT2D eigenvalue weighted by Gasteiger charge is -2.18. The topological polar surface area (TPSA) is 76.6 Å². The van der Waals surface area contributed by atoms with E-state index in [-0.39, 0.29) is 5.97 Å². The molecule has 0 bridgehead atoms. The van der Waals surface area contributed by atoms with E-state index in [9.17, 15) is 4.79 Å². The first kappa shape index (κ1) is 22.2. The highest BCUT2D eigenvalue weighted by Crippen LogP contribution is 2.23. The average molecular weight is 421 g/mol. The van der Waals surface area contributed by atoms with E-state index in [2.05, 4.69) is 34.0 Å². The second kappa shape index (κ2) is 11.1. The molecular formula is C24H28N4O3. The zero-order chi connectivity index (χ0) is 22.1. The molecule has 0 radical (unpaired) electrons. The van der Waals surface area contributed by atoms with Crippen molar-refractivity contribution in [1.82, 2.24) is 14.9 Å². The maximum Gasteiger partial charge on any atom is 0.308 e. The van der Waals surface area contributed by atoms with Crippen molar-refractivity contribution in [3.8, 4) is 22.6 Å². The second-order valence-electron chi connectivity index (χ2n) is 6.94. The summed E-state index contributed by atoms with van der Waals surface area (Å²) in [7, 11) is 0. The second-order valence-corrected chi connectivity index (χ2v) is 6.94. The molecule has 0 atom stereocenters. The number of nitrogens with zero attached hydrogens (tertiary/aromatic N) is 3. The van der Waals surface area contributed by atoms with Crippen LogP contribution < -0.4 is 14.8 Å². The third-order valence-electron chi connectivity index (χ3n) is 4.78. The summed E-state index contributed by atoms with van der Waals surface area (Å²) < 4.78 is 10.9. The summed E-state index contributed by atoms with van der Waals surface area (Å²) in [4.78, 5) is 22.1. The number of hydrogen-bond acceptors (Lipinski definition) is 7. The third kappa shape index (κ3) is 6.79. The van der Waals surface area contributed by atoms with Crippen LogP contribution in [0.3, 0.4) is 0 Å². The first-order valence-electron chi connectivity index (χ1n) is 10.4. The van der Waals surface area contributed by atoms with Crippen LogP contribution in [0.15, 0.2) is 60.9 Å². The van der Waals surface area contributed by atoms with Crippen molar-refractivity contribution in [3.63, 3.8) is 0 Å². The van der Waals surface area contributed by atoms with Gasteiger partial charge in [0.25, 0.3) is 0 Å². The molecule has 0 unspecified atom stereocenters. The fraction of sp³-hybridized carbons (Fsp3) is 0.292. The van der Waals surface area contributed by atoms with Crippen molar-refractivity contribution in [2.45, 2.75) is 20.8 Å². The quantitative estimate of drug-likeness (QED) is 0.381. The highest BCUT2D eigenvalue weighted by Gasteiger charge is 2.04. The molecule has 7 heteroatoms. The Labute approximate surface area is 183 Å². The van der Waals surface area contributed by atoms with E-state index in [4.69, 9.17) is 9.47 Å². The van der Waals surface area contributed by atoms with E-state index in [0.29, 0.717) is 18.3 Å². The summed E-state index contributed by atoms with van der Waals surface area (Å²) in [5.41, 5.74) is 2.69. The number of aromatic nitrogens is 2. The maximum atomic E-state index is 11.0. The lowest BCUT2D eigenvalue weighted by Crippen LogP contribution is -2.27. The van der Waals surface area contributed by atoms with Crippen LogP contribution in [0.2, 0.25) is 0 Å². The first-order valence-corrected chi connectivity index (χ1v) is 10.4. The molecule has 1 heterocycles. The Bertz CT molecular complexity index is 954. The Balaban J connectivity index is 1.54. The van der Waals surface area contributed by atoms with Crippen molar-refractivity contribution in [2.24, 2.45) is 0 Å². The van der Waals surface area contributed by atoms with Gasteiger partial charge in [-0.3, -0.25) is 4.79 Å². The molecule has 0 aliphatic carbocycles. The molecule has 31 heavy (non-hydrogen) atoms. The molecule has 0 spiro atoms. The molecule has 0 saturated carbocycles. The fourth-order valence-corrected chi connectivity index (χ4v) is 3.02. The molecule has 0 saturated heterocycles. The fourth-order valence-electron chi connectivity index (χ4n) is 3.02. The molecule has 1 N–H and O–H groups in total. The molecule has 0 amide bonds. The van der Waals surface area contributed by atoms with Crippen molar-refractivity contribution < 1.29 is 14.3 Å².